The zero-order chi connectivity index (χ0) is 12.3. The fourth-order valence-electron chi connectivity index (χ4n) is 3.28. The highest BCUT2D eigenvalue weighted by molar-refractivity contribution is 4.94. The van der Waals surface area contributed by atoms with Crippen molar-refractivity contribution in [3.8, 4) is 0 Å². The second-order valence-electron chi connectivity index (χ2n) is 6.14. The van der Waals surface area contributed by atoms with E-state index in [0.29, 0.717) is 6.04 Å². The molecule has 0 amide bonds. The average Bonchev–Trinajstić information content (AvgIpc) is 2.96. The van der Waals surface area contributed by atoms with Crippen molar-refractivity contribution in [2.24, 2.45) is 5.92 Å². The Balaban J connectivity index is 1.82. The standard InChI is InChI=1S/C14H28N2O/c1-3-14(2,17)10-16-13-7-4-6-11(13)12-8-5-9-15-12/h11-13,15-17H,3-10H2,1-2H3. The molecule has 0 aromatic rings. The summed E-state index contributed by atoms with van der Waals surface area (Å²) < 4.78 is 0. The molecule has 0 aromatic carbocycles. The maximum atomic E-state index is 10.1. The first-order valence-electron chi connectivity index (χ1n) is 7.31. The van der Waals surface area contributed by atoms with Crippen LogP contribution in [0.4, 0.5) is 0 Å². The van der Waals surface area contributed by atoms with Gasteiger partial charge in [-0.15, -0.1) is 0 Å². The molecule has 3 N–H and O–H groups in total. The van der Waals surface area contributed by atoms with Crippen LogP contribution in [0.1, 0.15) is 52.4 Å². The number of aliphatic hydroxyl groups is 1. The Kier molecular flexibility index (Phi) is 4.45. The van der Waals surface area contributed by atoms with Crippen LogP contribution in [0.5, 0.6) is 0 Å². The number of rotatable bonds is 5. The van der Waals surface area contributed by atoms with E-state index in [4.69, 9.17) is 0 Å². The summed E-state index contributed by atoms with van der Waals surface area (Å²) >= 11 is 0. The van der Waals surface area contributed by atoms with E-state index < -0.39 is 5.60 Å². The summed E-state index contributed by atoms with van der Waals surface area (Å²) in [5, 5.41) is 17.3. The van der Waals surface area contributed by atoms with Crippen molar-refractivity contribution >= 4 is 0 Å². The van der Waals surface area contributed by atoms with Crippen molar-refractivity contribution in [3.63, 3.8) is 0 Å². The minimum Gasteiger partial charge on any atom is -0.389 e. The van der Waals surface area contributed by atoms with Gasteiger partial charge in [-0.25, -0.2) is 0 Å². The van der Waals surface area contributed by atoms with Gasteiger partial charge in [0.1, 0.15) is 0 Å². The summed E-state index contributed by atoms with van der Waals surface area (Å²) in [5.41, 5.74) is -0.545. The highest BCUT2D eigenvalue weighted by Gasteiger charge is 2.35. The summed E-state index contributed by atoms with van der Waals surface area (Å²) in [7, 11) is 0. The van der Waals surface area contributed by atoms with Crippen molar-refractivity contribution < 1.29 is 5.11 Å². The first-order valence-corrected chi connectivity index (χ1v) is 7.31. The van der Waals surface area contributed by atoms with Crippen molar-refractivity contribution in [3.05, 3.63) is 0 Å². The van der Waals surface area contributed by atoms with Crippen molar-refractivity contribution in [1.29, 1.82) is 0 Å². The van der Waals surface area contributed by atoms with E-state index in [2.05, 4.69) is 10.6 Å². The maximum absolute atomic E-state index is 10.1. The molecule has 4 unspecified atom stereocenters. The van der Waals surface area contributed by atoms with Gasteiger partial charge < -0.3 is 15.7 Å². The third kappa shape index (κ3) is 3.43. The molecule has 1 heterocycles. The molecule has 1 saturated carbocycles. The van der Waals surface area contributed by atoms with Gasteiger partial charge in [0.25, 0.3) is 0 Å². The van der Waals surface area contributed by atoms with Gasteiger partial charge in [0, 0.05) is 18.6 Å². The molecule has 3 nitrogen and oxygen atoms in total. The van der Waals surface area contributed by atoms with Gasteiger partial charge in [0.2, 0.25) is 0 Å². The predicted octanol–water partition coefficient (Wildman–Crippen LogP) is 1.66. The summed E-state index contributed by atoms with van der Waals surface area (Å²) in [4.78, 5) is 0. The maximum Gasteiger partial charge on any atom is 0.0741 e. The average molecular weight is 240 g/mol. The number of hydrogen-bond acceptors (Lipinski definition) is 3. The Morgan fingerprint density at radius 2 is 2.12 bits per heavy atom. The lowest BCUT2D eigenvalue weighted by Crippen LogP contribution is -2.47. The molecule has 2 aliphatic rings. The van der Waals surface area contributed by atoms with Gasteiger partial charge in [-0.2, -0.15) is 0 Å². The molecule has 0 spiro atoms. The zero-order valence-corrected chi connectivity index (χ0v) is 11.3. The molecule has 3 heteroatoms. The summed E-state index contributed by atoms with van der Waals surface area (Å²) in [5.74, 6) is 0.783. The van der Waals surface area contributed by atoms with Crippen LogP contribution in [-0.4, -0.2) is 35.9 Å². The SMILES string of the molecule is CCC(C)(O)CNC1CCCC1C1CCCN1. The molecule has 0 bridgehead atoms. The van der Waals surface area contributed by atoms with Gasteiger partial charge in [-0.1, -0.05) is 13.3 Å². The number of hydrogen-bond donors (Lipinski definition) is 3. The zero-order valence-electron chi connectivity index (χ0n) is 11.3. The van der Waals surface area contributed by atoms with E-state index in [-0.39, 0.29) is 0 Å². The Labute approximate surface area is 105 Å². The summed E-state index contributed by atoms with van der Waals surface area (Å²) in [6.07, 6.45) is 7.47. The third-order valence-corrected chi connectivity index (χ3v) is 4.69. The third-order valence-electron chi connectivity index (χ3n) is 4.69. The van der Waals surface area contributed by atoms with Crippen LogP contribution in [0.3, 0.4) is 0 Å². The van der Waals surface area contributed by atoms with Crippen LogP contribution in [0.25, 0.3) is 0 Å². The van der Waals surface area contributed by atoms with E-state index in [1.54, 1.807) is 0 Å². The van der Waals surface area contributed by atoms with E-state index >= 15 is 0 Å². The molecule has 1 saturated heterocycles. The molecule has 17 heavy (non-hydrogen) atoms. The van der Waals surface area contributed by atoms with Gasteiger partial charge in [0.05, 0.1) is 5.60 Å². The van der Waals surface area contributed by atoms with E-state index in [1.807, 2.05) is 13.8 Å². The summed E-state index contributed by atoms with van der Waals surface area (Å²) in [6.45, 7) is 5.90. The second-order valence-corrected chi connectivity index (χ2v) is 6.14. The van der Waals surface area contributed by atoms with Crippen molar-refractivity contribution in [2.75, 3.05) is 13.1 Å². The van der Waals surface area contributed by atoms with Crippen LogP contribution in [0.2, 0.25) is 0 Å². The van der Waals surface area contributed by atoms with E-state index in [0.717, 1.165) is 24.9 Å². The molecule has 4 atom stereocenters. The second kappa shape index (κ2) is 5.68. The molecule has 1 aliphatic carbocycles. The fourth-order valence-corrected chi connectivity index (χ4v) is 3.28. The fraction of sp³-hybridized carbons (Fsp3) is 1.00. The van der Waals surface area contributed by atoms with Crippen LogP contribution >= 0.6 is 0 Å². The van der Waals surface area contributed by atoms with Crippen LogP contribution in [0, 0.1) is 5.92 Å². The lowest BCUT2D eigenvalue weighted by atomic mass is 9.92. The molecule has 2 rings (SSSR count). The van der Waals surface area contributed by atoms with Gasteiger partial charge in [0.15, 0.2) is 0 Å². The van der Waals surface area contributed by atoms with Gasteiger partial charge in [-0.05, 0) is 51.5 Å². The molecule has 0 radical (unpaired) electrons. The molecular formula is C14H28N2O. The Hall–Kier alpha value is -0.120. The van der Waals surface area contributed by atoms with Crippen molar-refractivity contribution in [1.82, 2.24) is 10.6 Å². The monoisotopic (exact) mass is 240 g/mol. The predicted molar refractivity (Wildman–Crippen MR) is 71.1 cm³/mol. The van der Waals surface area contributed by atoms with Crippen molar-refractivity contribution in [2.45, 2.75) is 70.1 Å². The molecule has 0 aromatic heterocycles. The minimum absolute atomic E-state index is 0.545. The highest BCUT2D eigenvalue weighted by atomic mass is 16.3. The smallest absolute Gasteiger partial charge is 0.0741 e. The topological polar surface area (TPSA) is 44.3 Å². The molecule has 2 fully saturated rings. The van der Waals surface area contributed by atoms with Crippen LogP contribution in [0.15, 0.2) is 0 Å². The summed E-state index contributed by atoms with van der Waals surface area (Å²) in [6, 6.07) is 1.34. The molecular weight excluding hydrogens is 212 g/mol. The van der Waals surface area contributed by atoms with E-state index in [1.165, 1.54) is 38.6 Å². The van der Waals surface area contributed by atoms with Crippen LogP contribution < -0.4 is 10.6 Å². The molecule has 100 valence electrons. The lowest BCUT2D eigenvalue weighted by Gasteiger charge is -2.30. The first kappa shape index (κ1) is 13.3. The normalized spacial score (nSPS) is 37.2. The lowest BCUT2D eigenvalue weighted by molar-refractivity contribution is 0.0506. The minimum atomic E-state index is -0.545. The quantitative estimate of drug-likeness (QED) is 0.685. The Morgan fingerprint density at radius 3 is 2.76 bits per heavy atom. The highest BCUT2D eigenvalue weighted by Crippen LogP contribution is 2.32. The van der Waals surface area contributed by atoms with Gasteiger partial charge >= 0.3 is 0 Å². The van der Waals surface area contributed by atoms with Gasteiger partial charge in [-0.3, -0.25) is 0 Å². The largest absolute Gasteiger partial charge is 0.389 e. The van der Waals surface area contributed by atoms with E-state index in [9.17, 15) is 5.11 Å². The first-order chi connectivity index (χ1) is 8.12. The van der Waals surface area contributed by atoms with Crippen LogP contribution in [-0.2, 0) is 0 Å². The Bertz CT molecular complexity index is 236. The molecule has 1 aliphatic heterocycles. The number of nitrogens with one attached hydrogen (secondary N) is 2. The Morgan fingerprint density at radius 1 is 1.29 bits per heavy atom.